The molecule has 1 aromatic heterocycles. The largest absolute Gasteiger partial charge is 2.00 e. The molecule has 0 amide bonds. The number of hydrogen-bond donors (Lipinski definition) is 3. The quantitative estimate of drug-likeness (QED) is 0.595. The molecular formula is C10H11CuNO6+2. The van der Waals surface area contributed by atoms with E-state index in [1.807, 2.05) is 0 Å². The van der Waals surface area contributed by atoms with Crippen molar-refractivity contribution in [1.29, 1.82) is 0 Å². The molecule has 1 radical (unpaired) electrons. The first-order valence-corrected chi connectivity index (χ1v) is 4.18. The molecule has 1 heterocycles. The Labute approximate surface area is 111 Å². The first kappa shape index (κ1) is 18.5. The molecule has 0 saturated heterocycles. The second-order valence-corrected chi connectivity index (χ2v) is 3.05. The Kier molecular flexibility index (Phi) is 6.96. The van der Waals surface area contributed by atoms with Crippen LogP contribution in [-0.4, -0.2) is 32.1 Å². The Morgan fingerprint density at radius 2 is 1.83 bits per heavy atom. The summed E-state index contributed by atoms with van der Waals surface area (Å²) in [7, 11) is 0. The molecule has 8 heteroatoms. The summed E-state index contributed by atoms with van der Waals surface area (Å²) in [4.78, 5) is 24.6. The van der Waals surface area contributed by atoms with Crippen molar-refractivity contribution < 1.29 is 43.0 Å². The number of nitrogens with one attached hydrogen (secondary N) is 1. The van der Waals surface area contributed by atoms with Crippen molar-refractivity contribution in [2.75, 3.05) is 0 Å². The summed E-state index contributed by atoms with van der Waals surface area (Å²) in [6.45, 7) is 0. The molecule has 0 atom stereocenters. The van der Waals surface area contributed by atoms with Gasteiger partial charge in [-0.3, -0.25) is 4.79 Å². The van der Waals surface area contributed by atoms with Gasteiger partial charge in [0.2, 0.25) is 0 Å². The number of carboxylic acid groups (broad SMARTS) is 1. The molecule has 0 aliphatic rings. The summed E-state index contributed by atoms with van der Waals surface area (Å²) < 4.78 is 0. The summed E-state index contributed by atoms with van der Waals surface area (Å²) in [5, 5.41) is 18.4. The number of aromatic nitrogens is 1. The normalized spacial score (nSPS) is 8.67. The van der Waals surface area contributed by atoms with Crippen LogP contribution in [0.3, 0.4) is 0 Å². The van der Waals surface area contributed by atoms with Crippen LogP contribution in [0.2, 0.25) is 0 Å². The molecule has 7 nitrogen and oxygen atoms in total. The standard InChI is InChI=1S/C10H7NO4.Cu.2H2O/c12-7-3-1-2-5-8(13)4-6(10(14)15)11-9(5)7;;;/h1-4,12H,(H,11,13)(H,14,15);;2*1H2/q;+2;;. The van der Waals surface area contributed by atoms with Gasteiger partial charge in [0, 0.05) is 11.5 Å². The fourth-order valence-corrected chi connectivity index (χ4v) is 1.37. The number of phenols is 1. The van der Waals surface area contributed by atoms with E-state index in [1.54, 1.807) is 0 Å². The molecule has 7 N–H and O–H groups in total. The van der Waals surface area contributed by atoms with Crippen LogP contribution < -0.4 is 5.43 Å². The molecule has 18 heavy (non-hydrogen) atoms. The fourth-order valence-electron chi connectivity index (χ4n) is 1.37. The zero-order chi connectivity index (χ0) is 11.0. The fraction of sp³-hybridized carbons (Fsp3) is 0. The monoisotopic (exact) mass is 304 g/mol. The Bertz CT molecular complexity index is 609. The van der Waals surface area contributed by atoms with Gasteiger partial charge in [-0.2, -0.15) is 0 Å². The molecule has 0 spiro atoms. The number of aromatic amines is 1. The van der Waals surface area contributed by atoms with Crippen molar-refractivity contribution in [2.45, 2.75) is 0 Å². The van der Waals surface area contributed by atoms with Gasteiger partial charge < -0.3 is 26.1 Å². The van der Waals surface area contributed by atoms with Gasteiger partial charge >= 0.3 is 23.0 Å². The molecule has 0 saturated carbocycles. The van der Waals surface area contributed by atoms with Crippen molar-refractivity contribution >= 4 is 16.9 Å². The van der Waals surface area contributed by atoms with Crippen molar-refractivity contribution in [3.8, 4) is 5.75 Å². The van der Waals surface area contributed by atoms with E-state index in [9.17, 15) is 14.7 Å². The number of hydrogen-bond acceptors (Lipinski definition) is 3. The van der Waals surface area contributed by atoms with Crippen LogP contribution in [-0.2, 0) is 17.1 Å². The van der Waals surface area contributed by atoms with Crippen LogP contribution in [0.25, 0.3) is 10.9 Å². The third-order valence-electron chi connectivity index (χ3n) is 2.07. The molecule has 0 bridgehead atoms. The Balaban J connectivity index is 0. The van der Waals surface area contributed by atoms with Crippen LogP contribution in [0.5, 0.6) is 5.75 Å². The molecule has 0 aliphatic heterocycles. The van der Waals surface area contributed by atoms with Crippen molar-refractivity contribution in [1.82, 2.24) is 4.98 Å². The zero-order valence-electron chi connectivity index (χ0n) is 8.82. The number of pyridine rings is 1. The van der Waals surface area contributed by atoms with Gasteiger partial charge in [-0.25, -0.2) is 4.79 Å². The number of para-hydroxylation sites is 1. The number of aromatic hydroxyl groups is 1. The van der Waals surface area contributed by atoms with Gasteiger partial charge in [-0.15, -0.1) is 0 Å². The minimum absolute atomic E-state index is 0. The van der Waals surface area contributed by atoms with Gasteiger partial charge in [0.1, 0.15) is 11.4 Å². The summed E-state index contributed by atoms with van der Waals surface area (Å²) in [6.07, 6.45) is 0. The van der Waals surface area contributed by atoms with Gasteiger partial charge in [0.25, 0.3) is 0 Å². The number of carbonyl (C=O) groups is 1. The number of H-pyrrole nitrogens is 1. The third-order valence-corrected chi connectivity index (χ3v) is 2.07. The van der Waals surface area contributed by atoms with Crippen LogP contribution in [0.1, 0.15) is 10.5 Å². The van der Waals surface area contributed by atoms with Crippen molar-refractivity contribution in [2.24, 2.45) is 0 Å². The smallest absolute Gasteiger partial charge is 0.506 e. The average Bonchev–Trinajstić information content (AvgIpc) is 2.19. The van der Waals surface area contributed by atoms with E-state index in [4.69, 9.17) is 5.11 Å². The van der Waals surface area contributed by atoms with E-state index >= 15 is 0 Å². The molecule has 0 fully saturated rings. The van der Waals surface area contributed by atoms with Gasteiger partial charge in [-0.05, 0) is 12.1 Å². The summed E-state index contributed by atoms with van der Waals surface area (Å²) in [5.41, 5.74) is -0.534. The Hall–Kier alpha value is -1.86. The molecule has 1 aromatic carbocycles. The molecular weight excluding hydrogens is 294 g/mol. The third kappa shape index (κ3) is 3.08. The maximum Gasteiger partial charge on any atom is 2.00 e. The van der Waals surface area contributed by atoms with Gasteiger partial charge in [0.05, 0.1) is 5.52 Å². The van der Waals surface area contributed by atoms with E-state index in [-0.39, 0.29) is 50.4 Å². The molecule has 0 aliphatic carbocycles. The SMILES string of the molecule is O.O.O=C(O)c1cc(=O)c2cccc(O)c2[nH]1.[Cu+2]. The predicted molar refractivity (Wildman–Crippen MR) is 60.4 cm³/mol. The molecule has 101 valence electrons. The topological polar surface area (TPSA) is 153 Å². The van der Waals surface area contributed by atoms with Crippen LogP contribution in [0, 0.1) is 0 Å². The number of benzene rings is 1. The zero-order valence-corrected chi connectivity index (χ0v) is 9.76. The Morgan fingerprint density at radius 1 is 1.22 bits per heavy atom. The number of rotatable bonds is 1. The van der Waals surface area contributed by atoms with Crippen LogP contribution >= 0.6 is 0 Å². The number of carboxylic acids is 1. The van der Waals surface area contributed by atoms with E-state index in [1.165, 1.54) is 18.2 Å². The molecule has 2 rings (SSSR count). The maximum absolute atomic E-state index is 11.5. The van der Waals surface area contributed by atoms with Crippen LogP contribution in [0.15, 0.2) is 29.1 Å². The van der Waals surface area contributed by atoms with Gasteiger partial charge in [-0.1, -0.05) is 6.07 Å². The number of aromatic carboxylic acids is 1. The Morgan fingerprint density at radius 3 is 2.39 bits per heavy atom. The van der Waals surface area contributed by atoms with Gasteiger partial charge in [0.15, 0.2) is 5.43 Å². The number of fused-ring (bicyclic) bond motifs is 1. The first-order chi connectivity index (χ1) is 7.09. The van der Waals surface area contributed by atoms with E-state index in [0.29, 0.717) is 0 Å². The predicted octanol–water partition coefficient (Wildman–Crippen LogP) is -0.720. The minimum atomic E-state index is -1.24. The minimum Gasteiger partial charge on any atom is -0.506 e. The van der Waals surface area contributed by atoms with E-state index in [0.717, 1.165) is 6.07 Å². The van der Waals surface area contributed by atoms with Crippen molar-refractivity contribution in [3.63, 3.8) is 0 Å². The summed E-state index contributed by atoms with van der Waals surface area (Å²) in [5.74, 6) is -1.38. The average molecular weight is 305 g/mol. The van der Waals surface area contributed by atoms with E-state index in [2.05, 4.69) is 4.98 Å². The summed E-state index contributed by atoms with van der Waals surface area (Å²) >= 11 is 0. The van der Waals surface area contributed by atoms with E-state index < -0.39 is 11.4 Å². The maximum atomic E-state index is 11.5. The molecule has 2 aromatic rings. The second-order valence-electron chi connectivity index (χ2n) is 3.05. The summed E-state index contributed by atoms with van der Waals surface area (Å²) in [6, 6.07) is 5.40. The van der Waals surface area contributed by atoms with Crippen molar-refractivity contribution in [3.05, 3.63) is 40.2 Å². The number of phenolic OH excluding ortho intramolecular Hbond substituents is 1. The second kappa shape index (κ2) is 6.77. The molecule has 0 unspecified atom stereocenters. The van der Waals surface area contributed by atoms with Crippen LogP contribution in [0.4, 0.5) is 0 Å². The first-order valence-electron chi connectivity index (χ1n) is 4.18.